The predicted octanol–water partition coefficient (Wildman–Crippen LogP) is 4.64. The molecule has 0 unspecified atom stereocenters. The molecule has 0 aliphatic heterocycles. The Morgan fingerprint density at radius 1 is 0.897 bits per heavy atom. The summed E-state index contributed by atoms with van der Waals surface area (Å²) >= 11 is 0. The first-order valence-corrected chi connectivity index (χ1v) is 9.11. The maximum atomic E-state index is 14.0. The van der Waals surface area contributed by atoms with E-state index in [1.54, 1.807) is 12.3 Å². The van der Waals surface area contributed by atoms with E-state index in [1.807, 2.05) is 42.5 Å². The van der Waals surface area contributed by atoms with E-state index in [2.05, 4.69) is 5.10 Å². The van der Waals surface area contributed by atoms with Crippen LogP contribution in [0.1, 0.15) is 5.56 Å². The molecule has 0 atom stereocenters. The monoisotopic (exact) mass is 387 g/mol. The van der Waals surface area contributed by atoms with Crippen molar-refractivity contribution in [2.45, 2.75) is 6.54 Å². The highest BCUT2D eigenvalue weighted by molar-refractivity contribution is 5.96. The van der Waals surface area contributed by atoms with E-state index < -0.39 is 11.6 Å². The van der Waals surface area contributed by atoms with Crippen molar-refractivity contribution in [1.82, 2.24) is 14.2 Å². The van der Waals surface area contributed by atoms with Crippen LogP contribution in [0.5, 0.6) is 0 Å². The maximum absolute atomic E-state index is 14.0. The Morgan fingerprint density at radius 3 is 2.62 bits per heavy atom. The largest absolute Gasteiger partial charge is 0.308 e. The fraction of sp³-hybridized carbons (Fsp3) is 0.0435. The number of halogens is 2. The molecule has 0 saturated heterocycles. The molecule has 5 rings (SSSR count). The van der Waals surface area contributed by atoms with Crippen LogP contribution in [0, 0.1) is 11.6 Å². The number of hydrogen-bond donors (Lipinski definition) is 0. The van der Waals surface area contributed by atoms with E-state index in [4.69, 9.17) is 0 Å². The summed E-state index contributed by atoms with van der Waals surface area (Å²) in [5.74, 6) is -1.10. The molecule has 0 amide bonds. The molecule has 0 saturated carbocycles. The van der Waals surface area contributed by atoms with Gasteiger partial charge in [0.1, 0.15) is 17.2 Å². The molecular weight excluding hydrogens is 372 g/mol. The summed E-state index contributed by atoms with van der Waals surface area (Å²) in [6.45, 7) is -0.0618. The van der Waals surface area contributed by atoms with E-state index in [0.29, 0.717) is 11.2 Å². The minimum atomic E-state index is -0.553. The highest BCUT2D eigenvalue weighted by Crippen LogP contribution is 2.27. The van der Waals surface area contributed by atoms with Gasteiger partial charge in [0.25, 0.3) is 5.56 Å². The standard InChI is InChI=1S/C23H15F2N3O/c24-17-8-9-20(25)16(12-17)14-27-10-11-28-22(23(27)29)13-21(26-28)19-7-3-5-15-4-1-2-6-18(15)19/h1-13H,14H2. The van der Waals surface area contributed by atoms with E-state index in [9.17, 15) is 13.6 Å². The molecule has 0 N–H and O–H groups in total. The van der Waals surface area contributed by atoms with Crippen LogP contribution >= 0.6 is 0 Å². The molecule has 142 valence electrons. The quantitative estimate of drug-likeness (QED) is 0.452. The van der Waals surface area contributed by atoms with Gasteiger partial charge in [-0.2, -0.15) is 5.10 Å². The van der Waals surface area contributed by atoms with Crippen LogP contribution in [0.4, 0.5) is 8.78 Å². The van der Waals surface area contributed by atoms with Gasteiger partial charge in [-0.15, -0.1) is 0 Å². The van der Waals surface area contributed by atoms with Gasteiger partial charge >= 0.3 is 0 Å². The number of benzene rings is 3. The van der Waals surface area contributed by atoms with Crippen LogP contribution in [0.2, 0.25) is 0 Å². The number of nitrogens with zero attached hydrogens (tertiary/aromatic N) is 3. The lowest BCUT2D eigenvalue weighted by Gasteiger charge is -2.07. The van der Waals surface area contributed by atoms with Gasteiger partial charge in [-0.3, -0.25) is 4.79 Å². The minimum absolute atomic E-state index is 0.0618. The second kappa shape index (κ2) is 6.67. The summed E-state index contributed by atoms with van der Waals surface area (Å²) in [5.41, 5.74) is 1.76. The SMILES string of the molecule is O=c1c2cc(-c3cccc4ccccc34)nn2ccn1Cc1cc(F)ccc1F. The molecule has 29 heavy (non-hydrogen) atoms. The van der Waals surface area contributed by atoms with Gasteiger partial charge in [0.15, 0.2) is 0 Å². The molecule has 0 fully saturated rings. The average molecular weight is 387 g/mol. The van der Waals surface area contributed by atoms with Crippen LogP contribution in [-0.2, 0) is 6.54 Å². The van der Waals surface area contributed by atoms with Crippen molar-refractivity contribution in [2.24, 2.45) is 0 Å². The molecule has 4 nitrogen and oxygen atoms in total. The van der Waals surface area contributed by atoms with E-state index in [-0.39, 0.29) is 17.7 Å². The van der Waals surface area contributed by atoms with Crippen LogP contribution in [0.15, 0.2) is 83.9 Å². The molecule has 5 aromatic rings. The third-order valence-electron chi connectivity index (χ3n) is 5.02. The fourth-order valence-corrected chi connectivity index (χ4v) is 3.58. The Labute approximate surface area is 164 Å². The van der Waals surface area contributed by atoms with Crippen LogP contribution in [0.25, 0.3) is 27.5 Å². The Morgan fingerprint density at radius 2 is 1.72 bits per heavy atom. The zero-order valence-corrected chi connectivity index (χ0v) is 15.2. The van der Waals surface area contributed by atoms with Crippen molar-refractivity contribution in [3.8, 4) is 11.3 Å². The number of fused-ring (bicyclic) bond motifs is 2. The molecule has 2 heterocycles. The predicted molar refractivity (Wildman–Crippen MR) is 108 cm³/mol. The number of aromatic nitrogens is 3. The van der Waals surface area contributed by atoms with Crippen molar-refractivity contribution in [3.05, 3.63) is 107 Å². The maximum Gasteiger partial charge on any atom is 0.276 e. The van der Waals surface area contributed by atoms with Crippen LogP contribution < -0.4 is 5.56 Å². The van der Waals surface area contributed by atoms with Gasteiger partial charge in [0.05, 0.1) is 12.2 Å². The molecule has 0 aliphatic rings. The number of hydrogen-bond acceptors (Lipinski definition) is 2. The van der Waals surface area contributed by atoms with Crippen molar-refractivity contribution < 1.29 is 8.78 Å². The van der Waals surface area contributed by atoms with Crippen molar-refractivity contribution in [2.75, 3.05) is 0 Å². The van der Waals surface area contributed by atoms with Crippen molar-refractivity contribution in [3.63, 3.8) is 0 Å². The molecule has 0 aliphatic carbocycles. The highest BCUT2D eigenvalue weighted by Gasteiger charge is 2.13. The Hall–Kier alpha value is -3.80. The molecule has 0 spiro atoms. The smallest absolute Gasteiger partial charge is 0.276 e. The molecule has 3 aromatic carbocycles. The molecule has 0 radical (unpaired) electrons. The summed E-state index contributed by atoms with van der Waals surface area (Å²) in [6, 6.07) is 18.8. The Kier molecular flexibility index (Phi) is 3.98. The summed E-state index contributed by atoms with van der Waals surface area (Å²) < 4.78 is 30.3. The minimum Gasteiger partial charge on any atom is -0.308 e. The van der Waals surface area contributed by atoms with E-state index >= 15 is 0 Å². The lowest BCUT2D eigenvalue weighted by atomic mass is 10.0. The molecule has 2 aromatic heterocycles. The summed E-state index contributed by atoms with van der Waals surface area (Å²) in [7, 11) is 0. The highest BCUT2D eigenvalue weighted by atomic mass is 19.1. The average Bonchev–Trinajstić information content (AvgIpc) is 3.17. The molecule has 6 heteroatoms. The van der Waals surface area contributed by atoms with Gasteiger partial charge in [-0.05, 0) is 35.0 Å². The zero-order valence-electron chi connectivity index (χ0n) is 15.2. The summed E-state index contributed by atoms with van der Waals surface area (Å²) in [5, 5.41) is 6.67. The normalized spacial score (nSPS) is 11.4. The molecular formula is C23H15F2N3O. The lowest BCUT2D eigenvalue weighted by Crippen LogP contribution is -2.22. The van der Waals surface area contributed by atoms with Crippen LogP contribution in [0.3, 0.4) is 0 Å². The third kappa shape index (κ3) is 2.99. The van der Waals surface area contributed by atoms with E-state index in [0.717, 1.165) is 34.5 Å². The Balaban J connectivity index is 1.62. The third-order valence-corrected chi connectivity index (χ3v) is 5.02. The van der Waals surface area contributed by atoms with Crippen molar-refractivity contribution >= 4 is 16.3 Å². The molecule has 0 bridgehead atoms. The fourth-order valence-electron chi connectivity index (χ4n) is 3.58. The Bertz CT molecular complexity index is 1430. The van der Waals surface area contributed by atoms with Gasteiger partial charge in [0.2, 0.25) is 0 Å². The van der Waals surface area contributed by atoms with Gasteiger partial charge in [-0.1, -0.05) is 42.5 Å². The first-order chi connectivity index (χ1) is 14.1. The second-order valence-electron chi connectivity index (χ2n) is 6.85. The summed E-state index contributed by atoms with van der Waals surface area (Å²) in [6.07, 6.45) is 3.17. The van der Waals surface area contributed by atoms with E-state index in [1.165, 1.54) is 15.3 Å². The first kappa shape index (κ1) is 17.3. The lowest BCUT2D eigenvalue weighted by molar-refractivity contribution is 0.574. The zero-order chi connectivity index (χ0) is 20.0. The first-order valence-electron chi connectivity index (χ1n) is 9.11. The van der Waals surface area contributed by atoms with Gasteiger partial charge in [0, 0.05) is 23.5 Å². The van der Waals surface area contributed by atoms with Gasteiger partial charge < -0.3 is 4.57 Å². The second-order valence-corrected chi connectivity index (χ2v) is 6.85. The van der Waals surface area contributed by atoms with Crippen LogP contribution in [-0.4, -0.2) is 14.2 Å². The number of rotatable bonds is 3. The van der Waals surface area contributed by atoms with Crippen molar-refractivity contribution in [1.29, 1.82) is 0 Å². The summed E-state index contributed by atoms with van der Waals surface area (Å²) in [4.78, 5) is 12.9. The topological polar surface area (TPSA) is 39.3 Å². The van der Waals surface area contributed by atoms with Gasteiger partial charge in [-0.25, -0.2) is 13.3 Å².